The first-order chi connectivity index (χ1) is 13.1. The number of ether oxygens (including phenoxy) is 1. The number of carbonyl (C=O) groups is 2. The zero-order valence-corrected chi connectivity index (χ0v) is 16.5. The molecule has 0 spiro atoms. The number of nitrogens with zero attached hydrogens (tertiary/aromatic N) is 1. The molecule has 8 heteroatoms. The van der Waals surface area contributed by atoms with E-state index in [2.05, 4.69) is 10.3 Å². The predicted octanol–water partition coefficient (Wildman–Crippen LogP) is 4.01. The first-order valence-corrected chi connectivity index (χ1v) is 10.4. The van der Waals surface area contributed by atoms with E-state index in [4.69, 9.17) is 9.15 Å². The second-order valence-corrected chi connectivity index (χ2v) is 8.20. The van der Waals surface area contributed by atoms with E-state index in [9.17, 15) is 9.59 Å². The molecule has 1 aromatic carbocycles. The fourth-order valence-corrected chi connectivity index (χ4v) is 4.41. The van der Waals surface area contributed by atoms with Crippen LogP contribution >= 0.6 is 23.1 Å². The van der Waals surface area contributed by atoms with Crippen molar-refractivity contribution in [3.8, 4) is 0 Å². The van der Waals surface area contributed by atoms with Gasteiger partial charge in [-0.3, -0.25) is 9.59 Å². The van der Waals surface area contributed by atoms with Crippen LogP contribution in [-0.4, -0.2) is 28.7 Å². The summed E-state index contributed by atoms with van der Waals surface area (Å²) in [5.41, 5.74) is 0.999. The summed E-state index contributed by atoms with van der Waals surface area (Å²) in [6.45, 7) is 1.83. The molecule has 2 aromatic heterocycles. The number of benzene rings is 1. The van der Waals surface area contributed by atoms with Gasteiger partial charge in [-0.1, -0.05) is 23.9 Å². The molecule has 0 aliphatic carbocycles. The number of thiazole rings is 1. The molecule has 0 saturated heterocycles. The van der Waals surface area contributed by atoms with E-state index >= 15 is 0 Å². The molecule has 3 rings (SSSR count). The highest BCUT2D eigenvalue weighted by atomic mass is 32.2. The van der Waals surface area contributed by atoms with Crippen molar-refractivity contribution < 1.29 is 18.7 Å². The fraction of sp³-hybridized carbons (Fsp3) is 0.316. The van der Waals surface area contributed by atoms with Crippen LogP contribution in [0.15, 0.2) is 51.4 Å². The first-order valence-electron chi connectivity index (χ1n) is 8.60. The van der Waals surface area contributed by atoms with E-state index in [1.165, 1.54) is 6.26 Å². The second kappa shape index (κ2) is 9.57. The van der Waals surface area contributed by atoms with E-state index < -0.39 is 6.10 Å². The highest BCUT2D eigenvalue weighted by Gasteiger charge is 2.17. The summed E-state index contributed by atoms with van der Waals surface area (Å²) in [6.07, 6.45) is 1.65. The second-order valence-electron chi connectivity index (χ2n) is 5.83. The van der Waals surface area contributed by atoms with Crippen molar-refractivity contribution in [3.63, 3.8) is 0 Å². The summed E-state index contributed by atoms with van der Waals surface area (Å²) < 4.78 is 12.5. The lowest BCUT2D eigenvalue weighted by Crippen LogP contribution is -2.35. The molecular weight excluding hydrogens is 384 g/mol. The van der Waals surface area contributed by atoms with Crippen LogP contribution in [0, 0.1) is 0 Å². The van der Waals surface area contributed by atoms with E-state index in [-0.39, 0.29) is 24.8 Å². The Hall–Kier alpha value is -2.32. The van der Waals surface area contributed by atoms with Gasteiger partial charge in [-0.2, -0.15) is 0 Å². The number of fused-ring (bicyclic) bond motifs is 1. The number of rotatable bonds is 9. The number of para-hydroxylation sites is 1. The predicted molar refractivity (Wildman–Crippen MR) is 106 cm³/mol. The van der Waals surface area contributed by atoms with Gasteiger partial charge in [0, 0.05) is 12.2 Å². The number of furan rings is 1. The smallest absolute Gasteiger partial charge is 0.306 e. The summed E-state index contributed by atoms with van der Waals surface area (Å²) >= 11 is 3.28. The third-order valence-corrected chi connectivity index (χ3v) is 5.99. The molecule has 142 valence electrons. The van der Waals surface area contributed by atoms with E-state index in [0.29, 0.717) is 12.2 Å². The van der Waals surface area contributed by atoms with Crippen molar-refractivity contribution in [1.29, 1.82) is 0 Å². The number of thioether (sulfide) groups is 1. The lowest BCUT2D eigenvalue weighted by molar-refractivity contribution is -0.154. The van der Waals surface area contributed by atoms with Crippen molar-refractivity contribution in [3.05, 3.63) is 48.4 Å². The maximum atomic E-state index is 11.9. The van der Waals surface area contributed by atoms with Crippen molar-refractivity contribution in [1.82, 2.24) is 10.3 Å². The Morgan fingerprint density at radius 2 is 2.15 bits per heavy atom. The number of hydrogen-bond acceptors (Lipinski definition) is 7. The van der Waals surface area contributed by atoms with Crippen molar-refractivity contribution in [2.75, 3.05) is 5.75 Å². The van der Waals surface area contributed by atoms with Gasteiger partial charge in [-0.25, -0.2) is 4.98 Å². The summed E-state index contributed by atoms with van der Waals surface area (Å²) in [4.78, 5) is 28.4. The molecule has 2 heterocycles. The van der Waals surface area contributed by atoms with Crippen LogP contribution in [-0.2, 0) is 20.9 Å². The quantitative estimate of drug-likeness (QED) is 0.330. The van der Waals surface area contributed by atoms with Gasteiger partial charge in [0.1, 0.15) is 5.76 Å². The van der Waals surface area contributed by atoms with Crippen LogP contribution in [0.25, 0.3) is 10.2 Å². The number of esters is 1. The van der Waals surface area contributed by atoms with Gasteiger partial charge in [0.05, 0.1) is 23.0 Å². The number of carbonyl (C=O) groups excluding carboxylic acids is 2. The SMILES string of the molecule is C[C@@H](OC(=O)CCCSc1nc2ccccc2s1)C(=O)NCc1ccco1. The van der Waals surface area contributed by atoms with Gasteiger partial charge >= 0.3 is 5.97 Å². The molecule has 0 unspecified atom stereocenters. The third-order valence-electron chi connectivity index (χ3n) is 3.72. The normalized spacial score (nSPS) is 12.0. The maximum absolute atomic E-state index is 11.9. The van der Waals surface area contributed by atoms with Crippen LogP contribution in [0.2, 0.25) is 0 Å². The van der Waals surface area contributed by atoms with Crippen LogP contribution in [0.5, 0.6) is 0 Å². The zero-order chi connectivity index (χ0) is 19.1. The average Bonchev–Trinajstić information content (AvgIpc) is 3.32. The lowest BCUT2D eigenvalue weighted by atomic mass is 10.3. The van der Waals surface area contributed by atoms with Gasteiger partial charge < -0.3 is 14.5 Å². The molecule has 6 nitrogen and oxygen atoms in total. The highest BCUT2D eigenvalue weighted by Crippen LogP contribution is 2.29. The lowest BCUT2D eigenvalue weighted by Gasteiger charge is -2.12. The molecule has 3 aromatic rings. The topological polar surface area (TPSA) is 81.4 Å². The summed E-state index contributed by atoms with van der Waals surface area (Å²) in [7, 11) is 0. The van der Waals surface area contributed by atoms with Crippen LogP contribution < -0.4 is 5.32 Å². The molecule has 27 heavy (non-hydrogen) atoms. The Morgan fingerprint density at radius 3 is 2.93 bits per heavy atom. The monoisotopic (exact) mass is 404 g/mol. The highest BCUT2D eigenvalue weighted by molar-refractivity contribution is 8.01. The molecule has 1 N–H and O–H groups in total. The molecule has 0 aliphatic heterocycles. The van der Waals surface area contributed by atoms with E-state index in [1.54, 1.807) is 42.2 Å². The number of hydrogen-bond donors (Lipinski definition) is 1. The number of aromatic nitrogens is 1. The zero-order valence-electron chi connectivity index (χ0n) is 14.8. The van der Waals surface area contributed by atoms with E-state index in [0.717, 1.165) is 20.3 Å². The van der Waals surface area contributed by atoms with Crippen molar-refractivity contribution in [2.24, 2.45) is 0 Å². The van der Waals surface area contributed by atoms with E-state index in [1.807, 2.05) is 24.3 Å². The molecule has 0 radical (unpaired) electrons. The Kier molecular flexibility index (Phi) is 6.89. The Morgan fingerprint density at radius 1 is 1.30 bits per heavy atom. The molecular formula is C19H20N2O4S2. The Balaban J connectivity index is 1.33. The Bertz CT molecular complexity index is 859. The summed E-state index contributed by atoms with van der Waals surface area (Å²) in [6, 6.07) is 11.5. The third kappa shape index (κ3) is 5.83. The molecule has 1 amide bonds. The molecule has 0 fully saturated rings. The number of nitrogens with one attached hydrogen (secondary N) is 1. The van der Waals surface area contributed by atoms with Crippen LogP contribution in [0.4, 0.5) is 0 Å². The maximum Gasteiger partial charge on any atom is 0.306 e. The Labute approximate surface area is 165 Å². The molecule has 0 saturated carbocycles. The average molecular weight is 405 g/mol. The minimum atomic E-state index is -0.829. The van der Waals surface area contributed by atoms with Crippen molar-refractivity contribution >= 4 is 45.2 Å². The number of amides is 1. The molecule has 0 aliphatic rings. The largest absolute Gasteiger partial charge is 0.467 e. The minimum Gasteiger partial charge on any atom is -0.467 e. The minimum absolute atomic E-state index is 0.270. The van der Waals surface area contributed by atoms with Crippen LogP contribution in [0.1, 0.15) is 25.5 Å². The molecule has 1 atom stereocenters. The van der Waals surface area contributed by atoms with Crippen molar-refractivity contribution in [2.45, 2.75) is 36.8 Å². The summed E-state index contributed by atoms with van der Waals surface area (Å²) in [5, 5.41) is 2.67. The van der Waals surface area contributed by atoms with Gasteiger partial charge in [0.15, 0.2) is 10.4 Å². The van der Waals surface area contributed by atoms with Gasteiger partial charge in [-0.15, -0.1) is 11.3 Å². The van der Waals surface area contributed by atoms with Gasteiger partial charge in [-0.05, 0) is 37.6 Å². The molecule has 0 bridgehead atoms. The fourth-order valence-electron chi connectivity index (χ4n) is 2.33. The van der Waals surface area contributed by atoms with Gasteiger partial charge in [0.25, 0.3) is 5.91 Å². The van der Waals surface area contributed by atoms with Gasteiger partial charge in [0.2, 0.25) is 0 Å². The standard InChI is InChI=1S/C19H20N2O4S2/c1-13(18(23)20-12-14-6-4-10-24-14)25-17(22)9-5-11-26-19-21-15-7-2-3-8-16(15)27-19/h2-4,6-8,10,13H,5,9,11-12H2,1H3,(H,20,23)/t13-/m1/s1. The first kappa shape index (κ1) is 19.4. The van der Waals surface area contributed by atoms with Crippen LogP contribution in [0.3, 0.4) is 0 Å². The summed E-state index contributed by atoms with van der Waals surface area (Å²) in [5.74, 6) is 0.700.